The molecule has 1 N–H and O–H groups in total. The van der Waals surface area contributed by atoms with Crippen molar-refractivity contribution in [2.24, 2.45) is 4.99 Å². The van der Waals surface area contributed by atoms with Crippen molar-refractivity contribution in [3.8, 4) is 16.8 Å². The quantitative estimate of drug-likeness (QED) is 0.275. The predicted octanol–water partition coefficient (Wildman–Crippen LogP) is 8.19. The van der Waals surface area contributed by atoms with Gasteiger partial charge in [0.1, 0.15) is 5.69 Å². The van der Waals surface area contributed by atoms with Gasteiger partial charge in [0, 0.05) is 12.1 Å². The number of fused-ring (bicyclic) bond motifs is 1. The van der Waals surface area contributed by atoms with Crippen LogP contribution in [-0.4, -0.2) is 15.5 Å². The molecule has 4 nitrogen and oxygen atoms in total. The van der Waals surface area contributed by atoms with Gasteiger partial charge in [0.2, 0.25) is 0 Å². The van der Waals surface area contributed by atoms with Crippen LogP contribution in [0, 0.1) is 6.92 Å². The van der Waals surface area contributed by atoms with E-state index in [4.69, 9.17) is 10.1 Å². The third kappa shape index (κ3) is 4.87. The van der Waals surface area contributed by atoms with Crippen molar-refractivity contribution >= 4 is 23.3 Å². The fourth-order valence-electron chi connectivity index (χ4n) is 4.75. The van der Waals surface area contributed by atoms with Crippen LogP contribution in [0.1, 0.15) is 29.3 Å². The lowest BCUT2D eigenvalue weighted by molar-refractivity contribution is 0.790. The van der Waals surface area contributed by atoms with Crippen molar-refractivity contribution in [2.45, 2.75) is 19.4 Å². The maximum absolute atomic E-state index is 5.12. The molecular weight excluding hydrogens is 452 g/mol. The molecule has 1 aromatic heterocycles. The van der Waals surface area contributed by atoms with E-state index in [0.717, 1.165) is 40.6 Å². The summed E-state index contributed by atoms with van der Waals surface area (Å²) in [6, 6.07) is 40.0. The molecule has 1 unspecified atom stereocenters. The lowest BCUT2D eigenvalue weighted by Gasteiger charge is -2.20. The van der Waals surface area contributed by atoms with Crippen molar-refractivity contribution in [3.05, 3.63) is 138 Å². The van der Waals surface area contributed by atoms with E-state index in [1.54, 1.807) is 0 Å². The zero-order valence-electron chi connectivity index (χ0n) is 20.8. The fourth-order valence-corrected chi connectivity index (χ4v) is 4.75. The first-order chi connectivity index (χ1) is 18.2. The molecule has 0 radical (unpaired) electrons. The van der Waals surface area contributed by atoms with Gasteiger partial charge in [-0.2, -0.15) is 5.10 Å². The maximum Gasteiger partial charge on any atom is 0.156 e. The summed E-state index contributed by atoms with van der Waals surface area (Å²) < 4.78 is 1.98. The van der Waals surface area contributed by atoms with E-state index in [1.165, 1.54) is 16.7 Å². The van der Waals surface area contributed by atoms with Gasteiger partial charge in [-0.25, -0.2) is 9.67 Å². The van der Waals surface area contributed by atoms with Crippen molar-refractivity contribution in [1.82, 2.24) is 9.78 Å². The summed E-state index contributed by atoms with van der Waals surface area (Å²) in [5, 5.41) is 8.66. The molecule has 0 saturated carbocycles. The molecule has 6 rings (SSSR count). The lowest BCUT2D eigenvalue weighted by atomic mass is 9.97. The molecule has 0 saturated heterocycles. The Hall–Kier alpha value is -4.70. The summed E-state index contributed by atoms with van der Waals surface area (Å²) in [4.78, 5) is 5.12. The van der Waals surface area contributed by atoms with E-state index in [-0.39, 0.29) is 6.04 Å². The fraction of sp³-hybridized carbons (Fsp3) is 0.0909. The van der Waals surface area contributed by atoms with Gasteiger partial charge in [0.15, 0.2) is 5.82 Å². The summed E-state index contributed by atoms with van der Waals surface area (Å²) in [6.45, 7) is 2.02. The van der Waals surface area contributed by atoms with Crippen LogP contribution in [0.5, 0.6) is 0 Å². The Morgan fingerprint density at radius 2 is 1.35 bits per heavy atom. The number of aromatic nitrogens is 2. The Labute approximate surface area is 217 Å². The molecule has 2 heterocycles. The van der Waals surface area contributed by atoms with Crippen LogP contribution in [0.15, 0.2) is 126 Å². The largest absolute Gasteiger partial charge is 0.361 e. The number of nitrogens with zero attached hydrogens (tertiary/aromatic N) is 3. The number of benzene rings is 4. The Morgan fingerprint density at radius 1 is 0.730 bits per heavy atom. The number of anilines is 1. The van der Waals surface area contributed by atoms with Crippen LogP contribution >= 0.6 is 0 Å². The molecule has 4 heteroatoms. The lowest BCUT2D eigenvalue weighted by Crippen LogP contribution is -2.15. The number of nitrogens with one attached hydrogen (secondary N) is 1. The molecule has 1 atom stereocenters. The molecule has 0 aliphatic carbocycles. The van der Waals surface area contributed by atoms with Crippen LogP contribution in [0.3, 0.4) is 0 Å². The highest BCUT2D eigenvalue weighted by atomic mass is 15.4. The maximum atomic E-state index is 5.12. The molecule has 0 fully saturated rings. The average molecular weight is 481 g/mol. The molecule has 37 heavy (non-hydrogen) atoms. The number of aliphatic imine (C=N–C) groups is 1. The average Bonchev–Trinajstić information content (AvgIpc) is 3.14. The molecule has 5 aromatic rings. The first kappa shape index (κ1) is 22.7. The van der Waals surface area contributed by atoms with Gasteiger partial charge in [-0.05, 0) is 47.4 Å². The minimum Gasteiger partial charge on any atom is -0.361 e. The zero-order valence-corrected chi connectivity index (χ0v) is 20.8. The summed E-state index contributed by atoms with van der Waals surface area (Å²) in [7, 11) is 0. The van der Waals surface area contributed by atoms with E-state index >= 15 is 0 Å². The van der Waals surface area contributed by atoms with Crippen LogP contribution in [0.4, 0.5) is 11.5 Å². The third-order valence-electron chi connectivity index (χ3n) is 6.70. The second-order valence-electron chi connectivity index (χ2n) is 9.27. The number of para-hydroxylation sites is 1. The first-order valence-electron chi connectivity index (χ1n) is 12.6. The third-order valence-corrected chi connectivity index (χ3v) is 6.70. The van der Waals surface area contributed by atoms with Crippen LogP contribution in [0.2, 0.25) is 0 Å². The highest BCUT2D eigenvalue weighted by Crippen LogP contribution is 2.38. The van der Waals surface area contributed by atoms with Crippen molar-refractivity contribution in [1.29, 1.82) is 0 Å². The number of aryl methyl sites for hydroxylation is 1. The van der Waals surface area contributed by atoms with Gasteiger partial charge in [-0.3, -0.25) is 0 Å². The minimum absolute atomic E-state index is 0.0452. The van der Waals surface area contributed by atoms with Gasteiger partial charge in [0.25, 0.3) is 0 Å². The predicted molar refractivity (Wildman–Crippen MR) is 154 cm³/mol. The monoisotopic (exact) mass is 480 g/mol. The smallest absolute Gasteiger partial charge is 0.156 e. The standard InChI is InChI=1S/C33H28N4/c1-24-32-33(37(36-24)30-15-9-4-10-16-30)35-31(23-29(34-32)22-17-25-11-5-2-6-12-25)28-20-18-27(19-21-28)26-13-7-3-8-14-26/h2-22,31,35H,23H2,1H3/b22-17+. The van der Waals surface area contributed by atoms with Crippen LogP contribution in [0.25, 0.3) is 22.9 Å². The SMILES string of the molecule is Cc1nn(-c2ccccc2)c2c1N=C(/C=C/c1ccccc1)CC(c1ccc(-c3ccccc3)cc1)N2. The van der Waals surface area contributed by atoms with Gasteiger partial charge in [-0.15, -0.1) is 0 Å². The van der Waals surface area contributed by atoms with E-state index < -0.39 is 0 Å². The number of allylic oxidation sites excluding steroid dienone is 1. The number of hydrogen-bond acceptors (Lipinski definition) is 3. The Balaban J connectivity index is 1.41. The Kier molecular flexibility index (Phi) is 6.22. The number of hydrogen-bond donors (Lipinski definition) is 1. The molecule has 1 aliphatic heterocycles. The van der Waals surface area contributed by atoms with Crippen LogP contribution in [-0.2, 0) is 0 Å². The van der Waals surface area contributed by atoms with Crippen molar-refractivity contribution < 1.29 is 0 Å². The van der Waals surface area contributed by atoms with Gasteiger partial charge in [0.05, 0.1) is 17.4 Å². The molecular formula is C33H28N4. The summed E-state index contributed by atoms with van der Waals surface area (Å²) >= 11 is 0. The van der Waals surface area contributed by atoms with E-state index in [0.29, 0.717) is 0 Å². The molecule has 180 valence electrons. The van der Waals surface area contributed by atoms with E-state index in [2.05, 4.69) is 102 Å². The molecule has 4 aromatic carbocycles. The highest BCUT2D eigenvalue weighted by Gasteiger charge is 2.25. The number of rotatable bonds is 5. The van der Waals surface area contributed by atoms with Crippen LogP contribution < -0.4 is 5.32 Å². The van der Waals surface area contributed by atoms with Gasteiger partial charge < -0.3 is 5.32 Å². The van der Waals surface area contributed by atoms with Gasteiger partial charge in [-0.1, -0.05) is 109 Å². The Bertz CT molecular complexity index is 1550. The second-order valence-corrected chi connectivity index (χ2v) is 9.27. The summed E-state index contributed by atoms with van der Waals surface area (Å²) in [5.41, 5.74) is 8.61. The minimum atomic E-state index is 0.0452. The van der Waals surface area contributed by atoms with Crippen molar-refractivity contribution in [2.75, 3.05) is 5.32 Å². The molecule has 0 spiro atoms. The first-order valence-corrected chi connectivity index (χ1v) is 12.6. The zero-order chi connectivity index (χ0) is 25.0. The Morgan fingerprint density at radius 3 is 2.05 bits per heavy atom. The molecule has 0 amide bonds. The normalized spacial score (nSPS) is 15.1. The summed E-state index contributed by atoms with van der Waals surface area (Å²) in [5.74, 6) is 0.920. The highest BCUT2D eigenvalue weighted by molar-refractivity contribution is 6.02. The molecule has 0 bridgehead atoms. The van der Waals surface area contributed by atoms with E-state index in [1.807, 2.05) is 41.9 Å². The van der Waals surface area contributed by atoms with Gasteiger partial charge >= 0.3 is 0 Å². The summed E-state index contributed by atoms with van der Waals surface area (Å²) in [6.07, 6.45) is 5.03. The second kappa shape index (κ2) is 10.1. The molecule has 1 aliphatic rings. The van der Waals surface area contributed by atoms with E-state index in [9.17, 15) is 0 Å². The topological polar surface area (TPSA) is 42.2 Å². The van der Waals surface area contributed by atoms with Crippen molar-refractivity contribution in [3.63, 3.8) is 0 Å².